The smallest absolute Gasteiger partial charge is 0.328 e. The lowest BCUT2D eigenvalue weighted by Gasteiger charge is -2.25. The Hall–Kier alpha value is -2.01. The van der Waals surface area contributed by atoms with Gasteiger partial charge in [-0.3, -0.25) is 4.79 Å². The van der Waals surface area contributed by atoms with Crippen molar-refractivity contribution in [2.45, 2.75) is 18.9 Å². The lowest BCUT2D eigenvalue weighted by molar-refractivity contribution is -0.131. The molecule has 1 amide bonds. The predicted octanol–water partition coefficient (Wildman–Crippen LogP) is 1.89. The molecular weight excluding hydrogens is 280 g/mol. The van der Waals surface area contributed by atoms with Gasteiger partial charge in [0.2, 0.25) is 5.91 Å². The number of halogens is 1. The van der Waals surface area contributed by atoms with Crippen LogP contribution in [0.4, 0.5) is 5.69 Å². The van der Waals surface area contributed by atoms with Gasteiger partial charge in [-0.05, 0) is 36.6 Å². The van der Waals surface area contributed by atoms with Crippen molar-refractivity contribution < 1.29 is 14.7 Å². The molecule has 1 aliphatic rings. The monoisotopic (exact) mass is 294 g/mol. The van der Waals surface area contributed by atoms with E-state index in [9.17, 15) is 9.59 Å². The summed E-state index contributed by atoms with van der Waals surface area (Å²) >= 11 is 6.22. The van der Waals surface area contributed by atoms with E-state index in [1.54, 1.807) is 18.2 Å². The summed E-state index contributed by atoms with van der Waals surface area (Å²) in [5.41, 5.74) is 6.83. The van der Waals surface area contributed by atoms with Crippen LogP contribution >= 0.6 is 11.6 Å². The van der Waals surface area contributed by atoms with Gasteiger partial charge in [0.1, 0.15) is 6.04 Å². The molecule has 1 fully saturated rings. The second-order valence-corrected chi connectivity index (χ2v) is 5.04. The van der Waals surface area contributed by atoms with Gasteiger partial charge in [-0.1, -0.05) is 17.7 Å². The fraction of sp³-hybridized carbons (Fsp3) is 0.286. The number of benzene rings is 1. The standard InChI is InChI=1S/C14H15ClN2O3/c15-10-8-9(4-6-13(18)19)3-5-11(10)17-7-1-2-12(17)14(16)20/h3-6,8,12H,1-2,7H2,(H2,16,20)(H,18,19)/b6-4+. The first-order chi connectivity index (χ1) is 9.49. The molecule has 5 nitrogen and oxygen atoms in total. The van der Waals surface area contributed by atoms with Crippen LogP contribution in [0.15, 0.2) is 24.3 Å². The number of primary amides is 1. The minimum absolute atomic E-state index is 0.326. The molecule has 0 radical (unpaired) electrons. The van der Waals surface area contributed by atoms with Crippen LogP contribution in [-0.2, 0) is 9.59 Å². The van der Waals surface area contributed by atoms with Crippen molar-refractivity contribution in [1.82, 2.24) is 0 Å². The van der Waals surface area contributed by atoms with Gasteiger partial charge in [0, 0.05) is 12.6 Å². The Morgan fingerprint density at radius 2 is 2.20 bits per heavy atom. The summed E-state index contributed by atoms with van der Waals surface area (Å²) in [6, 6.07) is 4.89. The van der Waals surface area contributed by atoms with Crippen LogP contribution in [0.2, 0.25) is 5.02 Å². The molecule has 1 aromatic rings. The van der Waals surface area contributed by atoms with E-state index in [2.05, 4.69) is 0 Å². The third kappa shape index (κ3) is 3.11. The Morgan fingerprint density at radius 1 is 1.45 bits per heavy atom. The molecule has 6 heteroatoms. The van der Waals surface area contributed by atoms with Crippen LogP contribution in [0.5, 0.6) is 0 Å². The molecular formula is C14H15ClN2O3. The van der Waals surface area contributed by atoms with Gasteiger partial charge in [0.15, 0.2) is 0 Å². The van der Waals surface area contributed by atoms with Gasteiger partial charge in [-0.15, -0.1) is 0 Å². The van der Waals surface area contributed by atoms with Gasteiger partial charge < -0.3 is 15.7 Å². The summed E-state index contributed by atoms with van der Waals surface area (Å²) in [6.07, 6.45) is 4.14. The van der Waals surface area contributed by atoms with Crippen molar-refractivity contribution in [2.75, 3.05) is 11.4 Å². The largest absolute Gasteiger partial charge is 0.478 e. The third-order valence-corrected chi connectivity index (χ3v) is 3.58. The summed E-state index contributed by atoms with van der Waals surface area (Å²) < 4.78 is 0. The number of rotatable bonds is 4. The number of carboxylic acid groups (broad SMARTS) is 1. The highest BCUT2D eigenvalue weighted by atomic mass is 35.5. The summed E-state index contributed by atoms with van der Waals surface area (Å²) in [4.78, 5) is 23.8. The van der Waals surface area contributed by atoms with Crippen LogP contribution in [0.25, 0.3) is 6.08 Å². The maximum Gasteiger partial charge on any atom is 0.328 e. The van der Waals surface area contributed by atoms with Crippen LogP contribution in [0.3, 0.4) is 0 Å². The lowest BCUT2D eigenvalue weighted by Crippen LogP contribution is -2.40. The van der Waals surface area contributed by atoms with Crippen molar-refractivity contribution in [1.29, 1.82) is 0 Å². The van der Waals surface area contributed by atoms with Gasteiger partial charge in [0.25, 0.3) is 0 Å². The maximum absolute atomic E-state index is 11.4. The number of amides is 1. The second-order valence-electron chi connectivity index (χ2n) is 4.64. The van der Waals surface area contributed by atoms with Crippen molar-refractivity contribution in [3.05, 3.63) is 34.9 Å². The Bertz CT molecular complexity index is 572. The van der Waals surface area contributed by atoms with Crippen LogP contribution < -0.4 is 10.6 Å². The van der Waals surface area contributed by atoms with Gasteiger partial charge in [0.05, 0.1) is 10.7 Å². The lowest BCUT2D eigenvalue weighted by atomic mass is 10.1. The number of nitrogens with zero attached hydrogens (tertiary/aromatic N) is 1. The molecule has 1 heterocycles. The Labute approximate surface area is 121 Å². The van der Waals surface area contributed by atoms with Crippen LogP contribution in [0, 0.1) is 0 Å². The molecule has 1 saturated heterocycles. The predicted molar refractivity (Wildman–Crippen MR) is 77.7 cm³/mol. The molecule has 0 aliphatic carbocycles. The molecule has 0 saturated carbocycles. The van der Waals surface area contributed by atoms with Gasteiger partial charge in [-0.2, -0.15) is 0 Å². The van der Waals surface area contributed by atoms with E-state index in [4.69, 9.17) is 22.4 Å². The third-order valence-electron chi connectivity index (χ3n) is 3.28. The number of hydrogen-bond acceptors (Lipinski definition) is 3. The van der Waals surface area contributed by atoms with E-state index in [1.165, 1.54) is 6.08 Å². The topological polar surface area (TPSA) is 83.6 Å². The van der Waals surface area contributed by atoms with E-state index in [0.29, 0.717) is 10.6 Å². The molecule has 0 aromatic heterocycles. The number of anilines is 1. The molecule has 1 atom stereocenters. The molecule has 1 aliphatic heterocycles. The molecule has 0 spiro atoms. The van der Waals surface area contributed by atoms with E-state index >= 15 is 0 Å². The van der Waals surface area contributed by atoms with Crippen molar-refractivity contribution in [2.24, 2.45) is 5.73 Å². The van der Waals surface area contributed by atoms with E-state index < -0.39 is 5.97 Å². The van der Waals surface area contributed by atoms with Crippen LogP contribution in [0.1, 0.15) is 18.4 Å². The van der Waals surface area contributed by atoms with Crippen molar-refractivity contribution >= 4 is 35.2 Å². The fourth-order valence-corrected chi connectivity index (χ4v) is 2.68. The average molecular weight is 295 g/mol. The average Bonchev–Trinajstić information content (AvgIpc) is 2.85. The highest BCUT2D eigenvalue weighted by Crippen LogP contribution is 2.32. The van der Waals surface area contributed by atoms with Gasteiger partial charge >= 0.3 is 5.97 Å². The Balaban J connectivity index is 2.25. The summed E-state index contributed by atoms with van der Waals surface area (Å²) in [6.45, 7) is 0.734. The zero-order valence-corrected chi connectivity index (χ0v) is 11.5. The highest BCUT2D eigenvalue weighted by Gasteiger charge is 2.30. The minimum atomic E-state index is -1.02. The summed E-state index contributed by atoms with van der Waals surface area (Å²) in [7, 11) is 0. The number of aliphatic carboxylic acids is 1. The van der Waals surface area contributed by atoms with Crippen molar-refractivity contribution in [3.8, 4) is 0 Å². The Morgan fingerprint density at radius 3 is 2.80 bits per heavy atom. The zero-order chi connectivity index (χ0) is 14.7. The molecule has 20 heavy (non-hydrogen) atoms. The first-order valence-electron chi connectivity index (χ1n) is 6.25. The molecule has 2 rings (SSSR count). The molecule has 106 valence electrons. The molecule has 1 unspecified atom stereocenters. The second kappa shape index (κ2) is 5.96. The number of carbonyl (C=O) groups is 2. The molecule has 0 bridgehead atoms. The first kappa shape index (κ1) is 14.4. The van der Waals surface area contributed by atoms with Crippen LogP contribution in [-0.4, -0.2) is 29.6 Å². The first-order valence-corrected chi connectivity index (χ1v) is 6.63. The summed E-state index contributed by atoms with van der Waals surface area (Å²) in [5, 5.41) is 9.07. The SMILES string of the molecule is NC(=O)C1CCCN1c1ccc(/C=C/C(=O)O)cc1Cl. The molecule has 1 aromatic carbocycles. The van der Waals surface area contributed by atoms with E-state index in [1.807, 2.05) is 4.90 Å². The number of carbonyl (C=O) groups excluding carboxylic acids is 1. The fourth-order valence-electron chi connectivity index (χ4n) is 2.38. The van der Waals surface area contributed by atoms with E-state index in [0.717, 1.165) is 31.1 Å². The Kier molecular flexibility index (Phi) is 4.29. The zero-order valence-electron chi connectivity index (χ0n) is 10.8. The quantitative estimate of drug-likeness (QED) is 0.831. The van der Waals surface area contributed by atoms with Crippen molar-refractivity contribution in [3.63, 3.8) is 0 Å². The minimum Gasteiger partial charge on any atom is -0.478 e. The highest BCUT2D eigenvalue weighted by molar-refractivity contribution is 6.33. The van der Waals surface area contributed by atoms with Gasteiger partial charge in [-0.25, -0.2) is 4.79 Å². The summed E-state index contributed by atoms with van der Waals surface area (Å²) in [5.74, 6) is -1.37. The van der Waals surface area contributed by atoms with E-state index in [-0.39, 0.29) is 11.9 Å². The molecule has 3 N–H and O–H groups in total. The maximum atomic E-state index is 11.4. The normalized spacial score (nSPS) is 18.6. The number of hydrogen-bond donors (Lipinski definition) is 2. The number of carboxylic acids is 1. The number of nitrogens with two attached hydrogens (primary N) is 1.